The third-order valence-corrected chi connectivity index (χ3v) is 9.04. The molecule has 8 nitrogen and oxygen atoms in total. The molecule has 6 unspecified atom stereocenters. The fourth-order valence-electron chi connectivity index (χ4n) is 6.88. The number of methoxy groups -OCH3 is 4. The van der Waals surface area contributed by atoms with Crippen LogP contribution in [-0.4, -0.2) is 86.6 Å². The summed E-state index contributed by atoms with van der Waals surface area (Å²) in [5.74, 6) is -2.12. The predicted octanol–water partition coefficient (Wildman–Crippen LogP) is 6.45. The number of rotatable bonds is 7. The van der Waals surface area contributed by atoms with Crippen LogP contribution in [0.15, 0.2) is 24.3 Å². The van der Waals surface area contributed by atoms with E-state index >= 15 is 0 Å². The van der Waals surface area contributed by atoms with Gasteiger partial charge in [0.05, 0.1) is 48.7 Å². The number of aliphatic hydroxyl groups excluding tert-OH is 2. The summed E-state index contributed by atoms with van der Waals surface area (Å²) in [5.41, 5.74) is -2.62. The molecule has 2 fully saturated rings. The van der Waals surface area contributed by atoms with E-state index in [9.17, 15) is 10.2 Å². The van der Waals surface area contributed by atoms with Crippen LogP contribution in [0.5, 0.6) is 23.0 Å². The maximum Gasteiger partial charge on any atom is 0.161 e. The number of fused-ring (bicyclic) bond motifs is 6. The van der Waals surface area contributed by atoms with Crippen molar-refractivity contribution in [1.82, 2.24) is 9.80 Å². The van der Waals surface area contributed by atoms with Gasteiger partial charge in [-0.25, -0.2) is 0 Å². The molecule has 0 aromatic heterocycles. The van der Waals surface area contributed by atoms with Crippen LogP contribution >= 0.6 is 0 Å². The zero-order valence-corrected chi connectivity index (χ0v) is 27.3. The van der Waals surface area contributed by atoms with Crippen molar-refractivity contribution in [3.8, 4) is 23.0 Å². The highest BCUT2D eigenvalue weighted by atomic mass is 16.5. The summed E-state index contributed by atoms with van der Waals surface area (Å²) >= 11 is 0. The van der Waals surface area contributed by atoms with Gasteiger partial charge in [0, 0.05) is 60.1 Å². The highest BCUT2D eigenvalue weighted by Gasteiger charge is 2.41. The Labute approximate surface area is 314 Å². The Balaban J connectivity index is 0.000000266. The number of hydrogen-bond acceptors (Lipinski definition) is 8. The molecule has 47 heavy (non-hydrogen) atoms. The van der Waals surface area contributed by atoms with Gasteiger partial charge in [0.2, 0.25) is 0 Å². The van der Waals surface area contributed by atoms with E-state index in [1.165, 1.54) is 37.3 Å². The second-order valence-corrected chi connectivity index (χ2v) is 13.1. The minimum atomic E-state index is -3.35. The van der Waals surface area contributed by atoms with E-state index in [-0.39, 0.29) is 58.6 Å². The molecule has 262 valence electrons. The van der Waals surface area contributed by atoms with Gasteiger partial charge < -0.3 is 29.2 Å². The normalized spacial score (nSPS) is 40.0. The smallest absolute Gasteiger partial charge is 0.161 e. The molecule has 0 spiro atoms. The second-order valence-electron chi connectivity index (χ2n) is 13.1. The molecule has 0 saturated carbocycles. The summed E-state index contributed by atoms with van der Waals surface area (Å²) in [6.45, 7) is -7.60. The predicted molar refractivity (Wildman–Crippen MR) is 187 cm³/mol. The first kappa shape index (κ1) is 16.9. The van der Waals surface area contributed by atoms with Crippen molar-refractivity contribution >= 4 is 0 Å². The molecule has 8 heteroatoms. The van der Waals surface area contributed by atoms with Crippen molar-refractivity contribution in [1.29, 1.82) is 0 Å². The van der Waals surface area contributed by atoms with Gasteiger partial charge in [-0.1, -0.05) is 34.5 Å². The van der Waals surface area contributed by atoms with Crippen molar-refractivity contribution < 1.29 is 59.3 Å². The Bertz CT molecular complexity index is 2180. The lowest BCUT2D eigenvalue weighted by atomic mass is 9.75. The summed E-state index contributed by atoms with van der Waals surface area (Å²) in [5, 5.41) is 21.9. The van der Waals surface area contributed by atoms with Crippen LogP contribution in [-0.2, 0) is 12.7 Å². The van der Waals surface area contributed by atoms with Crippen LogP contribution < -0.4 is 18.9 Å². The molecule has 6 rings (SSSR count). The quantitative estimate of drug-likeness (QED) is 0.347. The number of benzene rings is 2. The summed E-state index contributed by atoms with van der Waals surface area (Å²) in [6.07, 6.45) is -10.1. The minimum absolute atomic E-state index is 0.0204. The molecular formula is C39H60N2O6. The number of piperidine rings is 2. The highest BCUT2D eigenvalue weighted by molar-refractivity contribution is 5.50. The Morgan fingerprint density at radius 1 is 0.809 bits per heavy atom. The maximum absolute atomic E-state index is 11.1. The SMILES string of the molecule is [2H]C([2H])([2H])Oc1cc2c(cc1OC)C([2H])([2H])C([2H])([2H])N1CC(C([2H])([2H])C(C)(C([2H])([2H])[2H])C([2H])([2H])[2H])C(O)CC21.[2H]C([2H])([2H])Oc1cc2c(cc1OC)C([2H])([2H])C([2H])([2H])N1CC(CC(C)C)C(O)CC21. The van der Waals surface area contributed by atoms with E-state index in [2.05, 4.69) is 0 Å². The first-order chi connectivity index (χ1) is 30.9. The lowest BCUT2D eigenvalue weighted by Gasteiger charge is -2.47. The first-order valence-corrected chi connectivity index (χ1v) is 15.7. The van der Waals surface area contributed by atoms with Crippen LogP contribution in [0.4, 0.5) is 0 Å². The number of ether oxygens (including phenoxy) is 4. The van der Waals surface area contributed by atoms with Gasteiger partial charge in [0.15, 0.2) is 23.0 Å². The van der Waals surface area contributed by atoms with Crippen LogP contribution in [0.25, 0.3) is 0 Å². The highest BCUT2D eigenvalue weighted by Crippen LogP contribution is 2.45. The molecule has 6 atom stereocenters. The Hall–Kier alpha value is -2.52. The summed E-state index contributed by atoms with van der Waals surface area (Å²) in [6, 6.07) is 3.28. The van der Waals surface area contributed by atoms with Crippen molar-refractivity contribution in [3.05, 3.63) is 46.5 Å². The van der Waals surface area contributed by atoms with Crippen molar-refractivity contribution in [2.45, 2.75) is 97.1 Å². The van der Waals surface area contributed by atoms with Crippen molar-refractivity contribution in [3.63, 3.8) is 0 Å². The summed E-state index contributed by atoms with van der Waals surface area (Å²) in [7, 11) is -3.13. The van der Waals surface area contributed by atoms with E-state index in [1.807, 2.05) is 13.8 Å². The third kappa shape index (κ3) is 8.04. The van der Waals surface area contributed by atoms with E-state index < -0.39 is 108 Å². The molecule has 0 radical (unpaired) electrons. The molecule has 0 bridgehead atoms. The molecule has 4 aliphatic rings. The average Bonchev–Trinajstić information content (AvgIpc) is 3.17. The number of aliphatic hydroxyl groups is 2. The minimum Gasteiger partial charge on any atom is -0.493 e. The fraction of sp³-hybridized carbons (Fsp3) is 0.692. The van der Waals surface area contributed by atoms with Gasteiger partial charge in [-0.3, -0.25) is 9.80 Å². The van der Waals surface area contributed by atoms with E-state index in [4.69, 9.17) is 49.1 Å². The van der Waals surface area contributed by atoms with Gasteiger partial charge >= 0.3 is 0 Å². The molecule has 2 aromatic carbocycles. The maximum atomic E-state index is 11.1. The summed E-state index contributed by atoms with van der Waals surface area (Å²) < 4.78 is 199. The Morgan fingerprint density at radius 2 is 1.28 bits per heavy atom. The van der Waals surface area contributed by atoms with Crippen LogP contribution in [0.3, 0.4) is 0 Å². The molecule has 4 heterocycles. The largest absolute Gasteiger partial charge is 0.493 e. The van der Waals surface area contributed by atoms with E-state index in [0.29, 0.717) is 17.9 Å². The number of hydrogen-bond donors (Lipinski definition) is 2. The van der Waals surface area contributed by atoms with Crippen LogP contribution in [0.2, 0.25) is 0 Å². The van der Waals surface area contributed by atoms with E-state index in [0.717, 1.165) is 17.9 Å². The molecule has 0 amide bonds. The third-order valence-electron chi connectivity index (χ3n) is 9.04. The summed E-state index contributed by atoms with van der Waals surface area (Å²) in [4.78, 5) is 2.40. The fourth-order valence-corrected chi connectivity index (χ4v) is 6.88. The monoisotopic (exact) mass is 675 g/mol. The van der Waals surface area contributed by atoms with E-state index in [1.54, 1.807) is 0 Å². The van der Waals surface area contributed by atoms with Crippen LogP contribution in [0.1, 0.15) is 125 Å². The first-order valence-electron chi connectivity index (χ1n) is 26.7. The van der Waals surface area contributed by atoms with Gasteiger partial charge in [0.25, 0.3) is 0 Å². The number of aryl methyl sites for hydroxylation is 2. The van der Waals surface area contributed by atoms with Crippen molar-refractivity contribution in [2.75, 3.05) is 54.4 Å². The molecular weight excluding hydrogens is 592 g/mol. The van der Waals surface area contributed by atoms with Gasteiger partial charge in [-0.2, -0.15) is 0 Å². The molecule has 0 aliphatic carbocycles. The van der Waals surface area contributed by atoms with Crippen LogP contribution in [0, 0.1) is 23.2 Å². The molecule has 2 aromatic rings. The average molecular weight is 675 g/mol. The molecule has 2 N–H and O–H groups in total. The molecule has 4 aliphatic heterocycles. The lowest BCUT2D eigenvalue weighted by Crippen LogP contribution is -2.48. The van der Waals surface area contributed by atoms with Gasteiger partial charge in [-0.15, -0.1) is 0 Å². The zero-order chi connectivity index (χ0) is 53.0. The lowest BCUT2D eigenvalue weighted by molar-refractivity contribution is -0.0259. The van der Waals surface area contributed by atoms with Crippen molar-refractivity contribution in [2.24, 2.45) is 23.2 Å². The zero-order valence-electron chi connectivity index (χ0n) is 49.3. The topological polar surface area (TPSA) is 83.9 Å². The Kier molecular flexibility index (Phi) is 5.38. The van der Waals surface area contributed by atoms with Gasteiger partial charge in [-0.05, 0) is 108 Å². The molecule has 2 saturated heterocycles. The van der Waals surface area contributed by atoms with Gasteiger partial charge in [0.1, 0.15) is 0 Å². The second kappa shape index (κ2) is 14.9. The number of nitrogens with zero attached hydrogens (tertiary/aromatic N) is 2. The Morgan fingerprint density at radius 3 is 1.72 bits per heavy atom. The standard InChI is InChI=1S/C20H31NO3.C19H29NO3/c1-20(2,3)11-14-12-21-7-6-13-8-18(23-4)19(24-5)9-15(13)16(21)10-17(14)22;1-12(2)7-14-11-20-6-5-13-8-18(22-3)19(23-4)9-15(13)16(20)10-17(14)21/h8-9,14,16-17,22H,6-7,10-12H2,1-5H3;8-9,12,14,16-17,21H,5-7,10-11H2,1-4H3/i1D3,2D3,5D3,6D2,7D2,11D2;4D3,5D2,6D2.